The molecule has 0 unspecified atom stereocenters. The molecule has 0 bridgehead atoms. The Hall–Kier alpha value is -3.00. The Morgan fingerprint density at radius 3 is 3.00 bits per heavy atom. The minimum absolute atomic E-state index is 0.0348. The minimum Gasteiger partial charge on any atom is -0.308 e. The van der Waals surface area contributed by atoms with Crippen molar-refractivity contribution in [2.24, 2.45) is 5.84 Å². The number of aromatic nitrogens is 3. The Morgan fingerprint density at radius 2 is 2.24 bits per heavy atom. The molecule has 0 fully saturated rings. The molecule has 2 aromatic heterocycles. The van der Waals surface area contributed by atoms with Crippen LogP contribution < -0.4 is 11.3 Å². The van der Waals surface area contributed by atoms with E-state index >= 15 is 0 Å². The third-order valence-corrected chi connectivity index (χ3v) is 3.19. The van der Waals surface area contributed by atoms with Gasteiger partial charge in [-0.3, -0.25) is 14.8 Å². The number of pyridine rings is 1. The van der Waals surface area contributed by atoms with Crippen molar-refractivity contribution in [2.45, 2.75) is 6.54 Å². The molecule has 0 aliphatic heterocycles. The van der Waals surface area contributed by atoms with Gasteiger partial charge in [0.15, 0.2) is 0 Å². The van der Waals surface area contributed by atoms with E-state index in [1.54, 1.807) is 29.2 Å². The van der Waals surface area contributed by atoms with Gasteiger partial charge in [-0.25, -0.2) is 10.8 Å². The first-order valence-corrected chi connectivity index (χ1v) is 6.19. The van der Waals surface area contributed by atoms with Gasteiger partial charge in [0.25, 0.3) is 5.69 Å². The van der Waals surface area contributed by atoms with Gasteiger partial charge in [-0.2, -0.15) is 5.10 Å². The van der Waals surface area contributed by atoms with Crippen LogP contribution in [-0.2, 0) is 6.54 Å². The van der Waals surface area contributed by atoms with Crippen LogP contribution in [0.3, 0.4) is 0 Å². The number of rotatable bonds is 4. The number of non-ortho nitro benzene ring substituents is 1. The molecule has 1 aromatic carbocycles. The molecular formula is C13H12N6O2. The van der Waals surface area contributed by atoms with E-state index in [9.17, 15) is 10.1 Å². The van der Waals surface area contributed by atoms with Crippen molar-refractivity contribution in [1.82, 2.24) is 14.8 Å². The van der Waals surface area contributed by atoms with Crippen LogP contribution in [0.5, 0.6) is 0 Å². The number of nitrogens with two attached hydrogens (primary N) is 1. The maximum atomic E-state index is 10.9. The van der Waals surface area contributed by atoms with Gasteiger partial charge in [0.1, 0.15) is 5.82 Å². The Morgan fingerprint density at radius 1 is 1.38 bits per heavy atom. The van der Waals surface area contributed by atoms with Crippen LogP contribution in [0.4, 0.5) is 11.5 Å². The van der Waals surface area contributed by atoms with Crippen LogP contribution in [0.1, 0.15) is 5.56 Å². The largest absolute Gasteiger partial charge is 0.308 e. The second kappa shape index (κ2) is 5.17. The van der Waals surface area contributed by atoms with Crippen molar-refractivity contribution in [1.29, 1.82) is 0 Å². The van der Waals surface area contributed by atoms with E-state index < -0.39 is 4.92 Å². The number of benzene rings is 1. The predicted octanol–water partition coefficient (Wildman–Crippen LogP) is 1.67. The zero-order valence-corrected chi connectivity index (χ0v) is 10.9. The van der Waals surface area contributed by atoms with Crippen LogP contribution >= 0.6 is 0 Å². The number of hydrazine groups is 1. The number of nitrogens with one attached hydrogen (secondary N) is 1. The molecule has 21 heavy (non-hydrogen) atoms. The molecular weight excluding hydrogens is 272 g/mol. The summed E-state index contributed by atoms with van der Waals surface area (Å²) >= 11 is 0. The first-order chi connectivity index (χ1) is 10.2. The highest BCUT2D eigenvalue weighted by Crippen LogP contribution is 2.22. The average Bonchev–Trinajstić information content (AvgIpc) is 2.90. The van der Waals surface area contributed by atoms with Crippen molar-refractivity contribution < 1.29 is 4.92 Å². The fourth-order valence-electron chi connectivity index (χ4n) is 2.16. The molecule has 3 N–H and O–H groups in total. The molecule has 8 heteroatoms. The highest BCUT2D eigenvalue weighted by molar-refractivity contribution is 5.81. The molecule has 0 saturated heterocycles. The topological polar surface area (TPSA) is 112 Å². The summed E-state index contributed by atoms with van der Waals surface area (Å²) in [6, 6.07) is 8.32. The van der Waals surface area contributed by atoms with Crippen molar-refractivity contribution >= 4 is 22.4 Å². The summed E-state index contributed by atoms with van der Waals surface area (Å²) in [4.78, 5) is 14.6. The molecule has 2 heterocycles. The Balaban J connectivity index is 2.04. The monoisotopic (exact) mass is 284 g/mol. The van der Waals surface area contributed by atoms with Crippen LogP contribution in [-0.4, -0.2) is 19.7 Å². The van der Waals surface area contributed by atoms with Gasteiger partial charge in [-0.05, 0) is 12.1 Å². The van der Waals surface area contributed by atoms with E-state index in [1.807, 2.05) is 6.07 Å². The first-order valence-electron chi connectivity index (χ1n) is 6.19. The maximum absolute atomic E-state index is 10.9. The molecule has 106 valence electrons. The summed E-state index contributed by atoms with van der Waals surface area (Å²) in [5.41, 5.74) is 4.09. The normalized spacial score (nSPS) is 10.7. The molecule has 0 saturated carbocycles. The third kappa shape index (κ3) is 2.39. The zero-order valence-electron chi connectivity index (χ0n) is 10.9. The summed E-state index contributed by atoms with van der Waals surface area (Å²) in [5, 5.41) is 16.0. The lowest BCUT2D eigenvalue weighted by atomic mass is 10.2. The number of nitro benzene ring substituents is 1. The van der Waals surface area contributed by atoms with Crippen LogP contribution in [0.15, 0.2) is 42.7 Å². The standard InChI is InChI=1S/C13H12N6O2/c14-17-13-10(2-1-5-15-13)8-18-12-6-11(19(20)21)4-3-9(12)7-16-18/h1-7H,8,14H2,(H,15,17). The quantitative estimate of drug-likeness (QED) is 0.428. The first kappa shape index (κ1) is 13.0. The number of nitrogen functional groups attached to an aromatic ring is 1. The lowest BCUT2D eigenvalue weighted by Crippen LogP contribution is -2.13. The maximum Gasteiger partial charge on any atom is 0.271 e. The van der Waals surface area contributed by atoms with Gasteiger partial charge in [0, 0.05) is 29.3 Å². The molecule has 3 rings (SSSR count). The second-order valence-corrected chi connectivity index (χ2v) is 4.46. The molecule has 8 nitrogen and oxygen atoms in total. The summed E-state index contributed by atoms with van der Waals surface area (Å²) in [6.45, 7) is 0.415. The SMILES string of the molecule is NNc1ncccc1Cn1ncc2ccc([N+](=O)[O-])cc21. The fraction of sp³-hybridized carbons (Fsp3) is 0.0769. The van der Waals surface area contributed by atoms with Gasteiger partial charge in [0.05, 0.1) is 23.2 Å². The average molecular weight is 284 g/mol. The molecule has 0 aliphatic carbocycles. The molecule has 3 aromatic rings. The van der Waals surface area contributed by atoms with E-state index in [0.717, 1.165) is 10.9 Å². The summed E-state index contributed by atoms with van der Waals surface area (Å²) < 4.78 is 1.68. The van der Waals surface area contributed by atoms with Gasteiger partial charge in [-0.15, -0.1) is 0 Å². The molecule has 0 spiro atoms. The molecule has 0 aliphatic rings. The lowest BCUT2D eigenvalue weighted by Gasteiger charge is -2.08. The highest BCUT2D eigenvalue weighted by Gasteiger charge is 2.11. The van der Waals surface area contributed by atoms with Crippen molar-refractivity contribution in [3.05, 3.63) is 58.4 Å². The van der Waals surface area contributed by atoms with E-state index in [2.05, 4.69) is 15.5 Å². The third-order valence-electron chi connectivity index (χ3n) is 3.19. The predicted molar refractivity (Wildman–Crippen MR) is 77.5 cm³/mol. The Labute approximate surface area is 119 Å². The lowest BCUT2D eigenvalue weighted by molar-refractivity contribution is -0.384. The van der Waals surface area contributed by atoms with E-state index in [4.69, 9.17) is 5.84 Å². The number of hydrogen-bond donors (Lipinski definition) is 2. The molecule has 0 atom stereocenters. The van der Waals surface area contributed by atoms with E-state index in [1.165, 1.54) is 12.1 Å². The number of fused-ring (bicyclic) bond motifs is 1. The Kier molecular flexibility index (Phi) is 3.20. The number of hydrogen-bond acceptors (Lipinski definition) is 6. The fourth-order valence-corrected chi connectivity index (χ4v) is 2.16. The van der Waals surface area contributed by atoms with Gasteiger partial charge < -0.3 is 5.43 Å². The Bertz CT molecular complexity index is 813. The number of nitro groups is 1. The minimum atomic E-state index is -0.423. The molecule has 0 amide bonds. The van der Waals surface area contributed by atoms with Gasteiger partial charge in [0.2, 0.25) is 0 Å². The van der Waals surface area contributed by atoms with Crippen molar-refractivity contribution in [3.8, 4) is 0 Å². The second-order valence-electron chi connectivity index (χ2n) is 4.46. The number of anilines is 1. The summed E-state index contributed by atoms with van der Waals surface area (Å²) in [5.74, 6) is 5.97. The zero-order chi connectivity index (χ0) is 14.8. The van der Waals surface area contributed by atoms with Gasteiger partial charge >= 0.3 is 0 Å². The van der Waals surface area contributed by atoms with Crippen molar-refractivity contribution in [3.63, 3.8) is 0 Å². The van der Waals surface area contributed by atoms with Gasteiger partial charge in [-0.1, -0.05) is 6.07 Å². The highest BCUT2D eigenvalue weighted by atomic mass is 16.6. The number of nitrogens with zero attached hydrogens (tertiary/aromatic N) is 4. The smallest absolute Gasteiger partial charge is 0.271 e. The van der Waals surface area contributed by atoms with Crippen LogP contribution in [0, 0.1) is 10.1 Å². The van der Waals surface area contributed by atoms with E-state index in [0.29, 0.717) is 17.9 Å². The van der Waals surface area contributed by atoms with E-state index in [-0.39, 0.29) is 5.69 Å². The molecule has 0 radical (unpaired) electrons. The van der Waals surface area contributed by atoms with Crippen LogP contribution in [0.2, 0.25) is 0 Å². The summed E-state index contributed by atoms with van der Waals surface area (Å²) in [6.07, 6.45) is 3.30. The van der Waals surface area contributed by atoms with Crippen LogP contribution in [0.25, 0.3) is 10.9 Å². The van der Waals surface area contributed by atoms with Crippen molar-refractivity contribution in [2.75, 3.05) is 5.43 Å². The summed E-state index contributed by atoms with van der Waals surface area (Å²) in [7, 11) is 0.